The van der Waals surface area contributed by atoms with Gasteiger partial charge in [-0.15, -0.1) is 5.10 Å². The average molecular weight is 350 g/mol. The molecule has 0 unspecified atom stereocenters. The molecule has 0 spiro atoms. The van der Waals surface area contributed by atoms with E-state index in [2.05, 4.69) is 50.0 Å². The van der Waals surface area contributed by atoms with Crippen molar-refractivity contribution in [2.75, 3.05) is 19.6 Å². The minimum atomic E-state index is -0.150. The number of aromatic nitrogens is 4. The van der Waals surface area contributed by atoms with Gasteiger partial charge in [0.1, 0.15) is 0 Å². The summed E-state index contributed by atoms with van der Waals surface area (Å²) >= 11 is 0. The molecule has 1 aliphatic heterocycles. The molecule has 26 heavy (non-hydrogen) atoms. The number of fused-ring (bicyclic) bond motifs is 1. The van der Waals surface area contributed by atoms with E-state index in [0.29, 0.717) is 17.8 Å². The fourth-order valence-electron chi connectivity index (χ4n) is 3.59. The Morgan fingerprint density at radius 1 is 1.08 bits per heavy atom. The molecule has 0 bridgehead atoms. The predicted molar refractivity (Wildman–Crippen MR) is 97.7 cm³/mol. The molecule has 1 saturated heterocycles. The molecule has 0 radical (unpaired) electrons. The van der Waals surface area contributed by atoms with Crippen LogP contribution in [0.4, 0.5) is 0 Å². The summed E-state index contributed by atoms with van der Waals surface area (Å²) in [6, 6.07) is 14.1. The van der Waals surface area contributed by atoms with Crippen LogP contribution < -0.4 is 5.32 Å². The predicted octanol–water partition coefficient (Wildman–Crippen LogP) is 2.08. The maximum atomic E-state index is 12.7. The van der Waals surface area contributed by atoms with Crippen LogP contribution in [0, 0.1) is 0 Å². The molecule has 0 saturated carbocycles. The molecule has 7 heteroatoms. The Morgan fingerprint density at radius 3 is 2.69 bits per heavy atom. The summed E-state index contributed by atoms with van der Waals surface area (Å²) in [6.07, 6.45) is 5.43. The fourth-order valence-corrected chi connectivity index (χ4v) is 3.59. The molecule has 3 heterocycles. The summed E-state index contributed by atoms with van der Waals surface area (Å²) < 4.78 is 1.51. The van der Waals surface area contributed by atoms with E-state index in [1.165, 1.54) is 29.3 Å². The summed E-state index contributed by atoms with van der Waals surface area (Å²) in [7, 11) is 0. The Morgan fingerprint density at radius 2 is 1.88 bits per heavy atom. The molecule has 1 amide bonds. The van der Waals surface area contributed by atoms with Crippen molar-refractivity contribution in [2.45, 2.75) is 25.3 Å². The maximum absolute atomic E-state index is 12.7. The van der Waals surface area contributed by atoms with E-state index in [1.54, 1.807) is 18.3 Å². The van der Waals surface area contributed by atoms with Crippen molar-refractivity contribution < 1.29 is 4.79 Å². The van der Waals surface area contributed by atoms with Crippen LogP contribution in [0.2, 0.25) is 0 Å². The van der Waals surface area contributed by atoms with Gasteiger partial charge in [-0.3, -0.25) is 9.69 Å². The number of likely N-dealkylation sites (tertiary alicyclic amines) is 1. The van der Waals surface area contributed by atoms with E-state index in [9.17, 15) is 4.79 Å². The van der Waals surface area contributed by atoms with Crippen LogP contribution in [-0.2, 0) is 0 Å². The van der Waals surface area contributed by atoms with Crippen LogP contribution in [-0.4, -0.2) is 50.5 Å². The van der Waals surface area contributed by atoms with Crippen LogP contribution >= 0.6 is 0 Å². The lowest BCUT2D eigenvalue weighted by atomic mass is 10.0. The van der Waals surface area contributed by atoms with Gasteiger partial charge in [0, 0.05) is 12.7 Å². The SMILES string of the molecule is O=C(NC[C@H](c1ccccc1)N1CCCCC1)c1cccn2nnnc12. The minimum absolute atomic E-state index is 0.150. The Bertz CT molecular complexity index is 872. The highest BCUT2D eigenvalue weighted by Gasteiger charge is 2.23. The number of hydrogen-bond acceptors (Lipinski definition) is 5. The lowest BCUT2D eigenvalue weighted by molar-refractivity contribution is 0.0925. The van der Waals surface area contributed by atoms with Crippen LogP contribution in [0.5, 0.6) is 0 Å². The summed E-state index contributed by atoms with van der Waals surface area (Å²) in [4.78, 5) is 15.2. The number of carbonyl (C=O) groups is 1. The summed E-state index contributed by atoms with van der Waals surface area (Å²) in [5, 5.41) is 14.5. The first-order valence-electron chi connectivity index (χ1n) is 9.07. The molecule has 2 aromatic heterocycles. The van der Waals surface area contributed by atoms with Gasteiger partial charge in [-0.1, -0.05) is 36.8 Å². The first kappa shape index (κ1) is 16.7. The van der Waals surface area contributed by atoms with Gasteiger partial charge in [0.15, 0.2) is 5.65 Å². The summed E-state index contributed by atoms with van der Waals surface area (Å²) in [6.45, 7) is 2.70. The van der Waals surface area contributed by atoms with Gasteiger partial charge in [0.25, 0.3) is 5.91 Å². The van der Waals surface area contributed by atoms with E-state index in [1.807, 2.05) is 6.07 Å². The van der Waals surface area contributed by atoms with Crippen LogP contribution in [0.3, 0.4) is 0 Å². The number of carbonyl (C=O) groups excluding carboxylic acids is 1. The first-order valence-corrected chi connectivity index (χ1v) is 9.07. The summed E-state index contributed by atoms with van der Waals surface area (Å²) in [5.41, 5.74) is 2.19. The number of rotatable bonds is 5. The van der Waals surface area contributed by atoms with Crippen molar-refractivity contribution in [3.8, 4) is 0 Å². The molecule has 7 nitrogen and oxygen atoms in total. The van der Waals surface area contributed by atoms with E-state index < -0.39 is 0 Å². The van der Waals surface area contributed by atoms with Crippen molar-refractivity contribution in [3.05, 3.63) is 59.8 Å². The fraction of sp³-hybridized carbons (Fsp3) is 0.368. The highest BCUT2D eigenvalue weighted by atomic mass is 16.1. The normalized spacial score (nSPS) is 16.5. The van der Waals surface area contributed by atoms with Crippen molar-refractivity contribution in [3.63, 3.8) is 0 Å². The van der Waals surface area contributed by atoms with E-state index in [4.69, 9.17) is 0 Å². The third-order valence-corrected chi connectivity index (χ3v) is 4.94. The minimum Gasteiger partial charge on any atom is -0.350 e. The van der Waals surface area contributed by atoms with Gasteiger partial charge in [-0.05, 0) is 54.1 Å². The second-order valence-electron chi connectivity index (χ2n) is 6.60. The van der Waals surface area contributed by atoms with Gasteiger partial charge in [-0.25, -0.2) is 0 Å². The second-order valence-corrected chi connectivity index (χ2v) is 6.60. The molecule has 1 N–H and O–H groups in total. The number of hydrogen-bond donors (Lipinski definition) is 1. The first-order chi connectivity index (χ1) is 12.8. The lowest BCUT2D eigenvalue weighted by Crippen LogP contribution is -2.40. The van der Waals surface area contributed by atoms with Crippen molar-refractivity contribution in [1.82, 2.24) is 30.3 Å². The smallest absolute Gasteiger partial charge is 0.255 e. The molecule has 1 aromatic carbocycles. The zero-order valence-corrected chi connectivity index (χ0v) is 14.6. The zero-order chi connectivity index (χ0) is 17.8. The topological polar surface area (TPSA) is 75.4 Å². The van der Waals surface area contributed by atoms with E-state index >= 15 is 0 Å². The zero-order valence-electron chi connectivity index (χ0n) is 14.6. The third kappa shape index (κ3) is 3.43. The number of nitrogens with zero attached hydrogens (tertiary/aromatic N) is 5. The van der Waals surface area contributed by atoms with Crippen molar-refractivity contribution >= 4 is 11.6 Å². The van der Waals surface area contributed by atoms with Crippen LogP contribution in [0.25, 0.3) is 5.65 Å². The highest BCUT2D eigenvalue weighted by molar-refractivity contribution is 5.99. The number of pyridine rings is 1. The van der Waals surface area contributed by atoms with Gasteiger partial charge < -0.3 is 5.32 Å². The molecular weight excluding hydrogens is 328 g/mol. The van der Waals surface area contributed by atoms with Crippen molar-refractivity contribution in [1.29, 1.82) is 0 Å². The standard InChI is InChI=1S/C19H22N6O/c26-19(16-10-7-13-25-18(16)21-22-23-25)20-14-17(15-8-3-1-4-9-15)24-11-5-2-6-12-24/h1,3-4,7-10,13,17H,2,5-6,11-12,14H2,(H,20,26)/t17-/m1/s1. The monoisotopic (exact) mass is 350 g/mol. The van der Waals surface area contributed by atoms with E-state index in [0.717, 1.165) is 13.1 Å². The van der Waals surface area contributed by atoms with Gasteiger partial charge >= 0.3 is 0 Å². The third-order valence-electron chi connectivity index (χ3n) is 4.94. The van der Waals surface area contributed by atoms with Gasteiger partial charge in [-0.2, -0.15) is 4.52 Å². The molecule has 0 aliphatic carbocycles. The van der Waals surface area contributed by atoms with Gasteiger partial charge in [0.05, 0.1) is 11.6 Å². The Kier molecular flexibility index (Phi) is 4.88. The molecule has 1 aliphatic rings. The van der Waals surface area contributed by atoms with Crippen LogP contribution in [0.15, 0.2) is 48.7 Å². The number of amides is 1. The molecule has 1 atom stereocenters. The van der Waals surface area contributed by atoms with Crippen molar-refractivity contribution in [2.24, 2.45) is 0 Å². The Labute approximate surface area is 152 Å². The largest absolute Gasteiger partial charge is 0.350 e. The number of piperidine rings is 1. The quantitative estimate of drug-likeness (QED) is 0.762. The molecule has 1 fully saturated rings. The lowest BCUT2D eigenvalue weighted by Gasteiger charge is -2.35. The van der Waals surface area contributed by atoms with Gasteiger partial charge in [0.2, 0.25) is 0 Å². The average Bonchev–Trinajstić information content (AvgIpc) is 3.18. The maximum Gasteiger partial charge on any atom is 0.255 e. The second kappa shape index (κ2) is 7.61. The number of nitrogens with one attached hydrogen (secondary N) is 1. The van der Waals surface area contributed by atoms with E-state index in [-0.39, 0.29) is 11.9 Å². The molecule has 134 valence electrons. The molecule has 3 aromatic rings. The number of tetrazole rings is 1. The molecule has 4 rings (SSSR count). The highest BCUT2D eigenvalue weighted by Crippen LogP contribution is 2.24. The summed E-state index contributed by atoms with van der Waals surface area (Å²) in [5.74, 6) is -0.150. The number of benzene rings is 1. The van der Waals surface area contributed by atoms with Crippen LogP contribution in [0.1, 0.15) is 41.2 Å². The Hall–Kier alpha value is -2.80. The Balaban J connectivity index is 1.52. The molecular formula is C19H22N6O.